The van der Waals surface area contributed by atoms with E-state index in [0.717, 1.165) is 16.3 Å². The summed E-state index contributed by atoms with van der Waals surface area (Å²) in [6.45, 7) is 0. The molecule has 8 nitrogen and oxygen atoms in total. The Labute approximate surface area is 202 Å². The summed E-state index contributed by atoms with van der Waals surface area (Å²) in [5.41, 5.74) is 14.7. The zero-order valence-corrected chi connectivity index (χ0v) is 19.3. The van der Waals surface area contributed by atoms with Gasteiger partial charge in [0.1, 0.15) is 19.5 Å². The molecule has 4 N–H and O–H groups in total. The number of halogens is 1. The summed E-state index contributed by atoms with van der Waals surface area (Å²) in [7, 11) is 9.28. The average molecular weight is 478 g/mol. The third kappa shape index (κ3) is 4.10. The van der Waals surface area contributed by atoms with E-state index in [0.29, 0.717) is 33.8 Å². The summed E-state index contributed by atoms with van der Waals surface area (Å²) in [5, 5.41) is 5.57. The summed E-state index contributed by atoms with van der Waals surface area (Å²) in [4.78, 5) is 16.3. The molecule has 34 heavy (non-hydrogen) atoms. The Kier molecular flexibility index (Phi) is 6.56. The molecule has 172 valence electrons. The molecule has 3 aromatic carbocycles. The lowest BCUT2D eigenvalue weighted by Gasteiger charge is -2.30. The van der Waals surface area contributed by atoms with Crippen LogP contribution in [0.4, 0.5) is 0 Å². The van der Waals surface area contributed by atoms with E-state index < -0.39 is 11.9 Å². The number of nitrogens with zero attached hydrogens (tertiary/aromatic N) is 1. The molecule has 0 spiro atoms. The molecule has 0 aromatic heterocycles. The first-order valence-electron chi connectivity index (χ1n) is 10.2. The highest BCUT2D eigenvalue weighted by molar-refractivity contribution is 6.34. The molecule has 1 unspecified atom stereocenters. The van der Waals surface area contributed by atoms with E-state index in [-0.39, 0.29) is 17.6 Å². The standard InChI is InChI=1S/C24H21BClN3O5/c1-31-17-10-13(9-16(25)22(17)32-2)19-15-8-7-12-5-3-4-6-14(12)21(15)33-24(28)20(19)23(27)29-34-18(30)11-26/h3-10,19H,11,28H2,1-2H3,(H2,27,29). The number of oxime groups is 1. The van der Waals surface area contributed by atoms with E-state index in [2.05, 4.69) is 5.16 Å². The van der Waals surface area contributed by atoms with Crippen LogP contribution in [0.5, 0.6) is 17.2 Å². The van der Waals surface area contributed by atoms with Crippen molar-refractivity contribution in [2.75, 3.05) is 20.1 Å². The van der Waals surface area contributed by atoms with Crippen molar-refractivity contribution >= 4 is 47.5 Å². The second-order valence-corrected chi connectivity index (χ2v) is 7.70. The largest absolute Gasteiger partial charge is 0.493 e. The number of rotatable bonds is 6. The molecule has 0 aliphatic carbocycles. The zero-order chi connectivity index (χ0) is 24.4. The molecule has 10 heteroatoms. The van der Waals surface area contributed by atoms with Gasteiger partial charge in [0.25, 0.3) is 0 Å². The van der Waals surface area contributed by atoms with Crippen LogP contribution in [0, 0.1) is 0 Å². The van der Waals surface area contributed by atoms with Gasteiger partial charge in [-0.3, -0.25) is 0 Å². The number of alkyl halides is 1. The molecule has 1 atom stereocenters. The van der Waals surface area contributed by atoms with Crippen molar-refractivity contribution in [1.29, 1.82) is 0 Å². The van der Waals surface area contributed by atoms with Gasteiger partial charge in [-0.25, -0.2) is 4.79 Å². The third-order valence-corrected chi connectivity index (χ3v) is 5.70. The van der Waals surface area contributed by atoms with Crippen LogP contribution in [-0.4, -0.2) is 39.8 Å². The molecular formula is C24H21BClN3O5. The van der Waals surface area contributed by atoms with Gasteiger partial charge in [0.15, 0.2) is 23.2 Å². The van der Waals surface area contributed by atoms with Gasteiger partial charge in [-0.15, -0.1) is 11.6 Å². The average Bonchev–Trinajstić information content (AvgIpc) is 2.85. The quantitative estimate of drug-likeness (QED) is 0.140. The lowest BCUT2D eigenvalue weighted by Crippen LogP contribution is -2.31. The van der Waals surface area contributed by atoms with Gasteiger partial charge in [0.05, 0.1) is 19.8 Å². The first kappa shape index (κ1) is 23.3. The van der Waals surface area contributed by atoms with Gasteiger partial charge in [-0.1, -0.05) is 53.1 Å². The molecule has 3 aromatic rings. The van der Waals surface area contributed by atoms with E-state index in [9.17, 15) is 4.79 Å². The van der Waals surface area contributed by atoms with E-state index in [1.54, 1.807) is 12.1 Å². The van der Waals surface area contributed by atoms with Gasteiger partial charge in [0.2, 0.25) is 0 Å². The predicted octanol–water partition coefficient (Wildman–Crippen LogP) is 2.40. The van der Waals surface area contributed by atoms with Gasteiger partial charge >= 0.3 is 5.97 Å². The molecule has 1 aliphatic heterocycles. The topological polar surface area (TPSA) is 118 Å². The van der Waals surface area contributed by atoms with Crippen molar-refractivity contribution in [3.8, 4) is 17.2 Å². The number of hydrogen-bond donors (Lipinski definition) is 2. The molecule has 1 aliphatic rings. The molecule has 0 saturated heterocycles. The second-order valence-electron chi connectivity index (χ2n) is 7.44. The van der Waals surface area contributed by atoms with Crippen LogP contribution in [0.2, 0.25) is 0 Å². The minimum absolute atomic E-state index is 0.00498. The summed E-state index contributed by atoms with van der Waals surface area (Å²) < 4.78 is 16.9. The monoisotopic (exact) mass is 477 g/mol. The minimum atomic E-state index is -0.765. The Bertz CT molecular complexity index is 1340. The number of carbonyl (C=O) groups excluding carboxylic acids is 1. The minimum Gasteiger partial charge on any atom is -0.493 e. The number of carbonyl (C=O) groups is 1. The number of nitrogens with two attached hydrogens (primary N) is 2. The normalized spacial score (nSPS) is 15.5. The van der Waals surface area contributed by atoms with Crippen molar-refractivity contribution in [3.63, 3.8) is 0 Å². The summed E-state index contributed by atoms with van der Waals surface area (Å²) in [6, 6.07) is 15.1. The fourth-order valence-electron chi connectivity index (χ4n) is 4.04. The number of fused-ring (bicyclic) bond motifs is 3. The van der Waals surface area contributed by atoms with Crippen LogP contribution in [0.25, 0.3) is 10.8 Å². The summed E-state index contributed by atoms with van der Waals surface area (Å²) in [6.07, 6.45) is 0. The second kappa shape index (κ2) is 9.57. The van der Waals surface area contributed by atoms with E-state index in [1.165, 1.54) is 14.2 Å². The van der Waals surface area contributed by atoms with Crippen LogP contribution < -0.4 is 31.1 Å². The van der Waals surface area contributed by atoms with Crippen LogP contribution >= 0.6 is 11.6 Å². The van der Waals surface area contributed by atoms with Crippen LogP contribution in [0.1, 0.15) is 17.0 Å². The number of methoxy groups -OCH3 is 2. The molecule has 0 bridgehead atoms. The molecule has 1 heterocycles. The van der Waals surface area contributed by atoms with E-state index >= 15 is 0 Å². The molecule has 4 rings (SSSR count). The zero-order valence-electron chi connectivity index (χ0n) is 18.5. The maximum absolute atomic E-state index is 11.5. The first-order valence-corrected chi connectivity index (χ1v) is 10.7. The molecular weight excluding hydrogens is 457 g/mol. The Morgan fingerprint density at radius 3 is 2.65 bits per heavy atom. The molecule has 0 amide bonds. The number of ether oxygens (including phenoxy) is 3. The van der Waals surface area contributed by atoms with Gasteiger partial charge in [-0.05, 0) is 17.0 Å². The third-order valence-electron chi connectivity index (χ3n) is 5.48. The van der Waals surface area contributed by atoms with Crippen LogP contribution in [0.15, 0.2) is 65.1 Å². The Morgan fingerprint density at radius 2 is 1.94 bits per heavy atom. The highest BCUT2D eigenvalue weighted by Gasteiger charge is 2.34. The number of benzene rings is 3. The maximum atomic E-state index is 11.5. The van der Waals surface area contributed by atoms with Gasteiger partial charge < -0.3 is 30.5 Å². The van der Waals surface area contributed by atoms with Crippen molar-refractivity contribution in [3.05, 3.63) is 71.1 Å². The molecule has 2 radical (unpaired) electrons. The number of amidine groups is 1. The summed E-state index contributed by atoms with van der Waals surface area (Å²) in [5.74, 6) is -0.470. The van der Waals surface area contributed by atoms with Gasteiger partial charge in [0, 0.05) is 16.9 Å². The summed E-state index contributed by atoms with van der Waals surface area (Å²) >= 11 is 5.49. The Morgan fingerprint density at radius 1 is 1.18 bits per heavy atom. The van der Waals surface area contributed by atoms with E-state index in [1.807, 2.05) is 36.4 Å². The predicted molar refractivity (Wildman–Crippen MR) is 131 cm³/mol. The fraction of sp³-hybridized carbons (Fsp3) is 0.167. The van der Waals surface area contributed by atoms with Crippen molar-refractivity contribution < 1.29 is 23.8 Å². The van der Waals surface area contributed by atoms with Crippen molar-refractivity contribution in [2.24, 2.45) is 16.6 Å². The van der Waals surface area contributed by atoms with Gasteiger partial charge in [-0.2, -0.15) is 0 Å². The fourth-order valence-corrected chi connectivity index (χ4v) is 4.09. The maximum Gasteiger partial charge on any atom is 0.349 e. The van der Waals surface area contributed by atoms with Crippen molar-refractivity contribution in [2.45, 2.75) is 5.92 Å². The Hall–Kier alpha value is -3.85. The molecule has 0 saturated carbocycles. The lowest BCUT2D eigenvalue weighted by molar-refractivity contribution is -0.140. The van der Waals surface area contributed by atoms with Crippen LogP contribution in [0.3, 0.4) is 0 Å². The lowest BCUT2D eigenvalue weighted by atomic mass is 9.79. The van der Waals surface area contributed by atoms with E-state index in [4.69, 9.17) is 50.0 Å². The highest BCUT2D eigenvalue weighted by Crippen LogP contribution is 2.46. The SMILES string of the molecule is [B]c1cc(C2C(/C(N)=N/OC(=O)CCl)=C(N)Oc3c2ccc2ccccc32)cc(OC)c1OC. The van der Waals surface area contributed by atoms with Crippen molar-refractivity contribution in [1.82, 2.24) is 0 Å². The molecule has 0 fully saturated rings. The first-order chi connectivity index (χ1) is 16.4. The van der Waals surface area contributed by atoms with Crippen LogP contribution in [-0.2, 0) is 9.63 Å². The number of hydrogen-bond acceptors (Lipinski definition) is 7. The highest BCUT2D eigenvalue weighted by atomic mass is 35.5. The smallest absolute Gasteiger partial charge is 0.349 e. The Balaban J connectivity index is 1.97.